The van der Waals surface area contributed by atoms with Gasteiger partial charge in [0, 0.05) is 0 Å². The number of carboxylic acid groups (broad SMARTS) is 1. The Morgan fingerprint density at radius 1 is 2.00 bits per heavy atom. The lowest BCUT2D eigenvalue weighted by atomic mass is 11.1. The molecule has 3 nitrogen and oxygen atoms in total. The van der Waals surface area contributed by atoms with Crippen molar-refractivity contribution in [3.05, 3.63) is 12.8 Å². The van der Waals surface area contributed by atoms with Gasteiger partial charge < -0.3 is 9.84 Å². The van der Waals surface area contributed by atoms with Gasteiger partial charge in [-0.05, 0) is 0 Å². The van der Waals surface area contributed by atoms with E-state index >= 15 is 0 Å². The highest BCUT2D eigenvalue weighted by molar-refractivity contribution is 5.57. The third-order valence-electron chi connectivity index (χ3n) is 0.184. The molecule has 0 aliphatic carbocycles. The molecule has 34 valence electrons. The molecule has 0 saturated carbocycles. The largest absolute Gasteiger partial charge is 0.510 e. The smallest absolute Gasteiger partial charge is 0.449 e. The van der Waals surface area contributed by atoms with Crippen LogP contribution in [0.1, 0.15) is 0 Å². The number of carbonyl (C=O) groups is 1. The summed E-state index contributed by atoms with van der Waals surface area (Å²) in [6, 6.07) is 0. The summed E-state index contributed by atoms with van der Waals surface area (Å²) in [7, 11) is 0. The fraction of sp³-hybridized carbons (Fsp3) is 0. The molecule has 0 heterocycles. The molecule has 6 heavy (non-hydrogen) atoms. The van der Waals surface area contributed by atoms with Crippen LogP contribution in [0.4, 0.5) is 4.79 Å². The molecule has 0 rings (SSSR count). The number of rotatable bonds is 1. The molecule has 0 aromatic carbocycles. The molecule has 0 radical (unpaired) electrons. The number of ether oxygens (including phenoxy) is 1. The van der Waals surface area contributed by atoms with E-state index in [-0.39, 0.29) is 0 Å². The summed E-state index contributed by atoms with van der Waals surface area (Å²) in [5.41, 5.74) is 0. The summed E-state index contributed by atoms with van der Waals surface area (Å²) in [5.74, 6) is 0. The maximum atomic E-state index is 9.31. The minimum Gasteiger partial charge on any atom is -0.449 e. The molecule has 0 aromatic rings. The first-order chi connectivity index (χ1) is 2.77. The Balaban J connectivity index is 3.05. The SMILES string of the molecule is C=COC(=O)O. The van der Waals surface area contributed by atoms with Crippen molar-refractivity contribution in [2.75, 3.05) is 0 Å². The van der Waals surface area contributed by atoms with Crippen molar-refractivity contribution in [3.63, 3.8) is 0 Å². The van der Waals surface area contributed by atoms with Crippen LogP contribution in [-0.4, -0.2) is 11.3 Å². The van der Waals surface area contributed by atoms with E-state index in [1.54, 1.807) is 0 Å². The van der Waals surface area contributed by atoms with E-state index in [4.69, 9.17) is 5.11 Å². The van der Waals surface area contributed by atoms with Crippen LogP contribution in [0.5, 0.6) is 0 Å². The van der Waals surface area contributed by atoms with Gasteiger partial charge in [-0.1, -0.05) is 6.58 Å². The van der Waals surface area contributed by atoms with Crippen molar-refractivity contribution in [2.45, 2.75) is 0 Å². The maximum absolute atomic E-state index is 9.31. The third kappa shape index (κ3) is 3.01. The Morgan fingerprint density at radius 2 is 2.50 bits per heavy atom. The van der Waals surface area contributed by atoms with Gasteiger partial charge in [0.05, 0.1) is 6.26 Å². The number of hydrogen-bond acceptors (Lipinski definition) is 2. The molecule has 0 aliphatic heterocycles. The lowest BCUT2D eigenvalue weighted by molar-refractivity contribution is 0.128. The van der Waals surface area contributed by atoms with Gasteiger partial charge in [-0.2, -0.15) is 0 Å². The van der Waals surface area contributed by atoms with Gasteiger partial charge in [-0.3, -0.25) is 0 Å². The highest BCUT2D eigenvalue weighted by Crippen LogP contribution is 1.70. The normalized spacial score (nSPS) is 6.67. The zero-order valence-electron chi connectivity index (χ0n) is 3.05. The Kier molecular flexibility index (Phi) is 1.89. The molecule has 0 spiro atoms. The first-order valence-electron chi connectivity index (χ1n) is 1.28. The van der Waals surface area contributed by atoms with Gasteiger partial charge in [-0.25, -0.2) is 4.79 Å². The summed E-state index contributed by atoms with van der Waals surface area (Å²) in [4.78, 5) is 9.31. The van der Waals surface area contributed by atoms with E-state index in [0.717, 1.165) is 6.26 Å². The minimum atomic E-state index is -1.33. The molecule has 0 atom stereocenters. The fourth-order valence-corrected chi connectivity index (χ4v) is 0.0713. The van der Waals surface area contributed by atoms with Crippen LogP contribution in [0.3, 0.4) is 0 Å². The highest BCUT2D eigenvalue weighted by Gasteiger charge is 1.84. The van der Waals surface area contributed by atoms with E-state index in [0.29, 0.717) is 0 Å². The van der Waals surface area contributed by atoms with E-state index in [1.807, 2.05) is 0 Å². The van der Waals surface area contributed by atoms with Gasteiger partial charge in [0.15, 0.2) is 0 Å². The first-order valence-corrected chi connectivity index (χ1v) is 1.28. The molecule has 0 fully saturated rings. The van der Waals surface area contributed by atoms with Crippen LogP contribution in [-0.2, 0) is 4.74 Å². The topological polar surface area (TPSA) is 46.5 Å². The van der Waals surface area contributed by atoms with Crippen molar-refractivity contribution < 1.29 is 14.6 Å². The maximum Gasteiger partial charge on any atom is 0.510 e. The lowest BCUT2D eigenvalue weighted by Crippen LogP contribution is -1.89. The predicted molar refractivity (Wildman–Crippen MR) is 19.3 cm³/mol. The zero-order valence-corrected chi connectivity index (χ0v) is 3.05. The summed E-state index contributed by atoms with van der Waals surface area (Å²) in [6.07, 6.45) is -0.479. The second-order valence-corrected chi connectivity index (χ2v) is 0.550. The second kappa shape index (κ2) is 2.26. The van der Waals surface area contributed by atoms with Gasteiger partial charge in [0.25, 0.3) is 0 Å². The minimum absolute atomic E-state index is 0.850. The number of hydrogen-bond donors (Lipinski definition) is 1. The van der Waals surface area contributed by atoms with Crippen LogP contribution in [0.15, 0.2) is 12.8 Å². The average molecular weight is 88.1 g/mol. The average Bonchev–Trinajstić information content (AvgIpc) is 1.35. The Hall–Kier alpha value is -0.990. The van der Waals surface area contributed by atoms with Gasteiger partial charge >= 0.3 is 6.16 Å². The van der Waals surface area contributed by atoms with Crippen molar-refractivity contribution in [1.82, 2.24) is 0 Å². The third-order valence-corrected chi connectivity index (χ3v) is 0.184. The fourth-order valence-electron chi connectivity index (χ4n) is 0.0713. The van der Waals surface area contributed by atoms with Gasteiger partial charge in [0.1, 0.15) is 0 Å². The molecule has 0 aromatic heterocycles. The standard InChI is InChI=1S/C3H4O3/c1-2-6-3(4)5/h2H,1H2,(H,4,5). The predicted octanol–water partition coefficient (Wildman–Crippen LogP) is 0.825. The molecule has 0 amide bonds. The van der Waals surface area contributed by atoms with E-state index in [9.17, 15) is 4.79 Å². The first kappa shape index (κ1) is 5.01. The molecule has 3 heteroatoms. The molecular formula is C3H4O3. The molecule has 0 bridgehead atoms. The van der Waals surface area contributed by atoms with E-state index in [2.05, 4.69) is 11.3 Å². The van der Waals surface area contributed by atoms with Crippen molar-refractivity contribution in [2.24, 2.45) is 0 Å². The van der Waals surface area contributed by atoms with E-state index < -0.39 is 6.16 Å². The van der Waals surface area contributed by atoms with Crippen LogP contribution in [0.2, 0.25) is 0 Å². The molecule has 0 unspecified atom stereocenters. The van der Waals surface area contributed by atoms with Crippen molar-refractivity contribution >= 4 is 6.16 Å². The van der Waals surface area contributed by atoms with E-state index in [1.165, 1.54) is 0 Å². The molecular weight excluding hydrogens is 84.0 g/mol. The highest BCUT2D eigenvalue weighted by atomic mass is 16.7. The summed E-state index contributed by atoms with van der Waals surface area (Å²) < 4.78 is 3.72. The Labute approximate surface area is 34.8 Å². The van der Waals surface area contributed by atoms with Gasteiger partial charge in [0.2, 0.25) is 0 Å². The summed E-state index contributed by atoms with van der Waals surface area (Å²) >= 11 is 0. The quantitative estimate of drug-likeness (QED) is 0.381. The molecule has 1 N–H and O–H groups in total. The Morgan fingerprint density at radius 3 is 2.50 bits per heavy atom. The molecule has 0 saturated heterocycles. The van der Waals surface area contributed by atoms with Crippen molar-refractivity contribution in [3.8, 4) is 0 Å². The second-order valence-electron chi connectivity index (χ2n) is 0.550. The van der Waals surface area contributed by atoms with Crippen molar-refractivity contribution in [1.29, 1.82) is 0 Å². The van der Waals surface area contributed by atoms with Crippen LogP contribution in [0, 0.1) is 0 Å². The zero-order chi connectivity index (χ0) is 4.99. The Bertz CT molecular complexity index is 66.4. The van der Waals surface area contributed by atoms with Crippen LogP contribution >= 0.6 is 0 Å². The summed E-state index contributed by atoms with van der Waals surface area (Å²) in [6.45, 7) is 3.00. The molecule has 0 aliphatic rings. The van der Waals surface area contributed by atoms with Gasteiger partial charge in [-0.15, -0.1) is 0 Å². The lowest BCUT2D eigenvalue weighted by Gasteiger charge is -1.81. The summed E-state index contributed by atoms with van der Waals surface area (Å²) in [5, 5.41) is 7.62. The monoisotopic (exact) mass is 88.0 g/mol. The van der Waals surface area contributed by atoms with Crippen LogP contribution in [0.25, 0.3) is 0 Å². The van der Waals surface area contributed by atoms with Crippen LogP contribution < -0.4 is 0 Å².